The summed E-state index contributed by atoms with van der Waals surface area (Å²) in [5.41, 5.74) is 1.99. The Kier molecular flexibility index (Phi) is 5.10. The molecule has 0 aliphatic rings. The Morgan fingerprint density at radius 1 is 1.07 bits per heavy atom. The molecule has 4 aromatic rings. The molecule has 142 valence electrons. The van der Waals surface area contributed by atoms with E-state index in [0.29, 0.717) is 12.3 Å². The van der Waals surface area contributed by atoms with Crippen molar-refractivity contribution in [1.29, 1.82) is 0 Å². The van der Waals surface area contributed by atoms with Gasteiger partial charge < -0.3 is 19.0 Å². The molecule has 6 nitrogen and oxygen atoms in total. The van der Waals surface area contributed by atoms with Crippen LogP contribution in [0.25, 0.3) is 11.0 Å². The Bertz CT molecular complexity index is 1080. The van der Waals surface area contributed by atoms with Gasteiger partial charge in [0.1, 0.15) is 23.9 Å². The number of imidazole rings is 1. The molecule has 1 N–H and O–H groups in total. The molecule has 0 radical (unpaired) electrons. The van der Waals surface area contributed by atoms with Gasteiger partial charge >= 0.3 is 0 Å². The quantitative estimate of drug-likeness (QED) is 0.527. The first kappa shape index (κ1) is 17.9. The molecule has 0 bridgehead atoms. The van der Waals surface area contributed by atoms with Crippen LogP contribution >= 0.6 is 0 Å². The second-order valence-corrected chi connectivity index (χ2v) is 6.31. The number of amides is 1. The van der Waals surface area contributed by atoms with E-state index in [2.05, 4.69) is 21.8 Å². The molecular weight excluding hydrogens is 354 g/mol. The van der Waals surface area contributed by atoms with Gasteiger partial charge in [0, 0.05) is 6.54 Å². The summed E-state index contributed by atoms with van der Waals surface area (Å²) in [5.74, 6) is 2.14. The Labute approximate surface area is 162 Å². The number of rotatable bonds is 7. The van der Waals surface area contributed by atoms with Crippen LogP contribution in [0.5, 0.6) is 5.75 Å². The van der Waals surface area contributed by atoms with Crippen molar-refractivity contribution in [2.24, 2.45) is 0 Å². The van der Waals surface area contributed by atoms with E-state index in [1.807, 2.05) is 54.6 Å². The van der Waals surface area contributed by atoms with Crippen LogP contribution < -0.4 is 10.1 Å². The maximum atomic E-state index is 12.4. The lowest BCUT2D eigenvalue weighted by Gasteiger charge is -2.07. The molecule has 0 saturated carbocycles. The standard InChI is InChI=1S/C22H21N3O3/c1-2-25-19-11-7-6-10-18(19)24-21(25)14-23-22(26)20-13-12-17(28-20)15-27-16-8-4-3-5-9-16/h3-13H,2,14-15H2,1H3,(H,23,26). The van der Waals surface area contributed by atoms with Crippen molar-refractivity contribution in [3.8, 4) is 5.75 Å². The lowest BCUT2D eigenvalue weighted by atomic mass is 10.3. The molecule has 0 aliphatic carbocycles. The zero-order valence-corrected chi connectivity index (χ0v) is 15.6. The highest BCUT2D eigenvalue weighted by Crippen LogP contribution is 2.17. The number of carbonyl (C=O) groups is 1. The second-order valence-electron chi connectivity index (χ2n) is 6.31. The number of aryl methyl sites for hydroxylation is 1. The van der Waals surface area contributed by atoms with Crippen LogP contribution in [0.15, 0.2) is 71.1 Å². The van der Waals surface area contributed by atoms with Gasteiger partial charge in [0.15, 0.2) is 5.76 Å². The molecule has 0 unspecified atom stereocenters. The van der Waals surface area contributed by atoms with Crippen molar-refractivity contribution < 1.29 is 13.9 Å². The molecule has 0 spiro atoms. The first-order valence-corrected chi connectivity index (χ1v) is 9.23. The molecule has 1 amide bonds. The first-order chi connectivity index (χ1) is 13.7. The molecular formula is C22H21N3O3. The normalized spacial score (nSPS) is 10.9. The largest absolute Gasteiger partial charge is 0.486 e. The first-order valence-electron chi connectivity index (χ1n) is 9.23. The summed E-state index contributed by atoms with van der Waals surface area (Å²) in [6.45, 7) is 3.44. The molecule has 2 aromatic carbocycles. The SMILES string of the molecule is CCn1c(CNC(=O)c2ccc(COc3ccccc3)o2)nc2ccccc21. The summed E-state index contributed by atoms with van der Waals surface area (Å²) in [6, 6.07) is 20.8. The van der Waals surface area contributed by atoms with Gasteiger partial charge in [-0.05, 0) is 43.3 Å². The molecule has 6 heteroatoms. The molecule has 0 aliphatic heterocycles. The molecule has 28 heavy (non-hydrogen) atoms. The molecule has 2 heterocycles. The number of carbonyl (C=O) groups excluding carboxylic acids is 1. The van der Waals surface area contributed by atoms with Gasteiger partial charge in [-0.25, -0.2) is 4.98 Å². The Hall–Kier alpha value is -3.54. The number of fused-ring (bicyclic) bond motifs is 1. The summed E-state index contributed by atoms with van der Waals surface area (Å²) in [7, 11) is 0. The fraction of sp³-hybridized carbons (Fsp3) is 0.182. The Morgan fingerprint density at radius 3 is 2.68 bits per heavy atom. The van der Waals surface area contributed by atoms with Crippen LogP contribution in [0.4, 0.5) is 0 Å². The van der Waals surface area contributed by atoms with Gasteiger partial charge in [0.25, 0.3) is 5.91 Å². The monoisotopic (exact) mass is 375 g/mol. The van der Waals surface area contributed by atoms with Crippen LogP contribution in [0.1, 0.15) is 29.1 Å². The summed E-state index contributed by atoms with van der Waals surface area (Å²) < 4.78 is 13.3. The van der Waals surface area contributed by atoms with Crippen LogP contribution in [0.2, 0.25) is 0 Å². The van der Waals surface area contributed by atoms with Gasteiger partial charge in [-0.2, -0.15) is 0 Å². The molecule has 4 rings (SSSR count). The predicted octanol–water partition coefficient (Wildman–Crippen LogP) is 4.16. The minimum atomic E-state index is -0.277. The van der Waals surface area contributed by atoms with Crippen molar-refractivity contribution in [2.75, 3.05) is 0 Å². The summed E-state index contributed by atoms with van der Waals surface area (Å²) >= 11 is 0. The van der Waals surface area contributed by atoms with Gasteiger partial charge in [-0.15, -0.1) is 0 Å². The number of ether oxygens (including phenoxy) is 1. The van der Waals surface area contributed by atoms with Crippen molar-refractivity contribution in [2.45, 2.75) is 26.6 Å². The maximum absolute atomic E-state index is 12.4. The zero-order valence-electron chi connectivity index (χ0n) is 15.6. The smallest absolute Gasteiger partial charge is 0.287 e. The molecule has 0 saturated heterocycles. The van der Waals surface area contributed by atoms with E-state index in [9.17, 15) is 4.79 Å². The highest BCUT2D eigenvalue weighted by atomic mass is 16.5. The topological polar surface area (TPSA) is 69.3 Å². The fourth-order valence-electron chi connectivity index (χ4n) is 3.11. The summed E-state index contributed by atoms with van der Waals surface area (Å²) in [4.78, 5) is 17.1. The van der Waals surface area contributed by atoms with Gasteiger partial charge in [0.05, 0.1) is 17.6 Å². The number of nitrogens with zero attached hydrogens (tertiary/aromatic N) is 2. The van der Waals surface area contributed by atoms with E-state index >= 15 is 0 Å². The average Bonchev–Trinajstić information content (AvgIpc) is 3.35. The van der Waals surface area contributed by atoms with Gasteiger partial charge in [-0.3, -0.25) is 4.79 Å². The van der Waals surface area contributed by atoms with Gasteiger partial charge in [0.2, 0.25) is 0 Å². The maximum Gasteiger partial charge on any atom is 0.287 e. The number of benzene rings is 2. The van der Waals surface area contributed by atoms with E-state index in [-0.39, 0.29) is 18.3 Å². The molecule has 0 fully saturated rings. The Morgan fingerprint density at radius 2 is 1.86 bits per heavy atom. The van der Waals surface area contributed by atoms with Crippen LogP contribution in [0.3, 0.4) is 0 Å². The van der Waals surface area contributed by atoms with Crippen molar-refractivity contribution >= 4 is 16.9 Å². The highest BCUT2D eigenvalue weighted by molar-refractivity contribution is 5.91. The summed E-state index contributed by atoms with van der Waals surface area (Å²) in [6.07, 6.45) is 0. The lowest BCUT2D eigenvalue weighted by Crippen LogP contribution is -2.24. The number of para-hydroxylation sites is 3. The lowest BCUT2D eigenvalue weighted by molar-refractivity contribution is 0.0917. The fourth-order valence-corrected chi connectivity index (χ4v) is 3.11. The summed E-state index contributed by atoms with van der Waals surface area (Å²) in [5, 5.41) is 2.88. The van der Waals surface area contributed by atoms with Crippen molar-refractivity contribution in [1.82, 2.24) is 14.9 Å². The number of nitrogens with one attached hydrogen (secondary N) is 1. The third kappa shape index (κ3) is 3.76. The van der Waals surface area contributed by atoms with E-state index in [1.165, 1.54) is 0 Å². The average molecular weight is 375 g/mol. The third-order valence-corrected chi connectivity index (χ3v) is 4.47. The van der Waals surface area contributed by atoms with Crippen LogP contribution in [-0.2, 0) is 19.7 Å². The number of hydrogen-bond acceptors (Lipinski definition) is 4. The van der Waals surface area contributed by atoms with Crippen LogP contribution in [-0.4, -0.2) is 15.5 Å². The minimum absolute atomic E-state index is 0.255. The van der Waals surface area contributed by atoms with E-state index in [1.54, 1.807) is 12.1 Å². The molecule has 2 aromatic heterocycles. The minimum Gasteiger partial charge on any atom is -0.486 e. The molecule has 0 atom stereocenters. The highest BCUT2D eigenvalue weighted by Gasteiger charge is 2.14. The van der Waals surface area contributed by atoms with Gasteiger partial charge in [-0.1, -0.05) is 30.3 Å². The van der Waals surface area contributed by atoms with Crippen LogP contribution in [0, 0.1) is 0 Å². The third-order valence-electron chi connectivity index (χ3n) is 4.47. The number of furan rings is 1. The Balaban J connectivity index is 1.39. The predicted molar refractivity (Wildman–Crippen MR) is 106 cm³/mol. The van der Waals surface area contributed by atoms with Crippen molar-refractivity contribution in [3.05, 3.63) is 84.1 Å². The number of aromatic nitrogens is 2. The van der Waals surface area contributed by atoms with Crippen molar-refractivity contribution in [3.63, 3.8) is 0 Å². The van der Waals surface area contributed by atoms with E-state index in [0.717, 1.165) is 29.2 Å². The second kappa shape index (κ2) is 8.00. The number of hydrogen-bond donors (Lipinski definition) is 1. The zero-order chi connectivity index (χ0) is 19.3. The van der Waals surface area contributed by atoms with E-state index < -0.39 is 0 Å². The van der Waals surface area contributed by atoms with E-state index in [4.69, 9.17) is 9.15 Å².